The third kappa shape index (κ3) is 3.61. The molecule has 1 saturated carbocycles. The molecular weight excluding hydrogens is 421 g/mol. The van der Waals surface area contributed by atoms with Gasteiger partial charge in [-0.1, -0.05) is 43.5 Å². The Labute approximate surface area is 184 Å². The predicted octanol–water partition coefficient (Wildman–Crippen LogP) is 5.58. The van der Waals surface area contributed by atoms with Gasteiger partial charge in [0.05, 0.1) is 11.3 Å². The molecule has 5 nitrogen and oxygen atoms in total. The normalized spacial score (nSPS) is 21.1. The minimum absolute atomic E-state index is 0.129. The summed E-state index contributed by atoms with van der Waals surface area (Å²) in [5, 5.41) is 2.57. The summed E-state index contributed by atoms with van der Waals surface area (Å²) < 4.78 is 46.4. The Kier molecular flexibility index (Phi) is 5.65. The molecule has 0 aromatic heterocycles. The second-order valence-electron chi connectivity index (χ2n) is 8.61. The number of rotatable bonds is 3. The minimum Gasteiger partial charge on any atom is -0.410 e. The Morgan fingerprint density at radius 1 is 1.06 bits per heavy atom. The molecule has 0 spiro atoms. The molecule has 0 saturated heterocycles. The summed E-state index contributed by atoms with van der Waals surface area (Å²) in [5.74, 6) is -0.265. The number of hydrogen-bond donors (Lipinski definition) is 1. The Morgan fingerprint density at radius 3 is 2.31 bits per heavy atom. The first-order valence-corrected chi connectivity index (χ1v) is 10.7. The van der Waals surface area contributed by atoms with Crippen LogP contribution in [0.3, 0.4) is 0 Å². The number of benzene rings is 2. The number of ether oxygens (including phenoxy) is 1. The zero-order chi connectivity index (χ0) is 23.1. The number of hydrogen-bond acceptors (Lipinski definition) is 3. The van der Waals surface area contributed by atoms with E-state index in [0.29, 0.717) is 16.9 Å². The summed E-state index contributed by atoms with van der Waals surface area (Å²) >= 11 is 0. The average molecular weight is 446 g/mol. The van der Waals surface area contributed by atoms with Gasteiger partial charge in [-0.15, -0.1) is 0 Å². The van der Waals surface area contributed by atoms with Gasteiger partial charge in [0.25, 0.3) is 0 Å². The molecule has 0 bridgehead atoms. The number of fused-ring (bicyclic) bond motifs is 1. The molecule has 8 heteroatoms. The van der Waals surface area contributed by atoms with Crippen molar-refractivity contribution >= 4 is 17.7 Å². The third-order valence-electron chi connectivity index (χ3n) is 6.49. The monoisotopic (exact) mass is 446 g/mol. The van der Waals surface area contributed by atoms with Gasteiger partial charge in [0, 0.05) is 14.1 Å². The summed E-state index contributed by atoms with van der Waals surface area (Å²) in [6.45, 7) is 0. The van der Waals surface area contributed by atoms with Crippen molar-refractivity contribution in [2.45, 2.75) is 43.7 Å². The largest absolute Gasteiger partial charge is 0.418 e. The lowest BCUT2D eigenvalue weighted by Crippen LogP contribution is -2.43. The number of alkyl halides is 3. The lowest BCUT2D eigenvalue weighted by molar-refractivity contribution is -0.136. The first kappa shape index (κ1) is 22.2. The van der Waals surface area contributed by atoms with Crippen LogP contribution >= 0.6 is 0 Å². The zero-order valence-electron chi connectivity index (χ0n) is 18.0. The highest BCUT2D eigenvalue weighted by Gasteiger charge is 2.55. The van der Waals surface area contributed by atoms with Crippen molar-refractivity contribution in [3.05, 3.63) is 59.2 Å². The van der Waals surface area contributed by atoms with E-state index in [2.05, 4.69) is 5.32 Å². The molecule has 1 aliphatic heterocycles. The van der Waals surface area contributed by atoms with Gasteiger partial charge in [-0.2, -0.15) is 13.2 Å². The Hall–Kier alpha value is -3.03. The van der Waals surface area contributed by atoms with Crippen LogP contribution < -0.4 is 10.1 Å². The van der Waals surface area contributed by atoms with E-state index >= 15 is 0 Å². The summed E-state index contributed by atoms with van der Waals surface area (Å²) in [6.07, 6.45) is -0.729. The van der Waals surface area contributed by atoms with Crippen LogP contribution in [-0.4, -0.2) is 31.0 Å². The van der Waals surface area contributed by atoms with E-state index in [9.17, 15) is 22.8 Å². The SMILES string of the molecule is CN(C)C(=O)Oc1ccc(C2(C3CCCCC3)C(=O)Nc3c(C(F)(F)F)cccc32)cc1. The van der Waals surface area contributed by atoms with Gasteiger partial charge in [-0.05, 0) is 48.1 Å². The van der Waals surface area contributed by atoms with Crippen LogP contribution in [0.2, 0.25) is 0 Å². The molecule has 1 fully saturated rings. The summed E-state index contributed by atoms with van der Waals surface area (Å²) in [6, 6.07) is 10.5. The number of carbonyl (C=O) groups is 2. The summed E-state index contributed by atoms with van der Waals surface area (Å²) in [4.78, 5) is 26.6. The van der Waals surface area contributed by atoms with E-state index < -0.39 is 29.2 Å². The van der Waals surface area contributed by atoms with Crippen molar-refractivity contribution in [2.24, 2.45) is 5.92 Å². The molecule has 0 radical (unpaired) electrons. The van der Waals surface area contributed by atoms with Crippen molar-refractivity contribution in [3.8, 4) is 5.75 Å². The van der Waals surface area contributed by atoms with E-state index in [-0.39, 0.29) is 11.6 Å². The number of halogens is 3. The zero-order valence-corrected chi connectivity index (χ0v) is 18.0. The molecule has 170 valence electrons. The standard InChI is InChI=1S/C24H25F3N2O3/c1-29(2)22(31)32-17-13-11-16(12-14-17)23(15-7-4-3-5-8-15)18-9-6-10-19(24(25,26)27)20(18)28-21(23)30/h6,9-15H,3-5,7-8H2,1-2H3,(H,28,30). The first-order valence-electron chi connectivity index (χ1n) is 10.7. The number of nitrogens with one attached hydrogen (secondary N) is 1. The smallest absolute Gasteiger partial charge is 0.410 e. The molecule has 4 rings (SSSR count). The maximum atomic E-state index is 13.7. The molecule has 2 aliphatic rings. The molecule has 2 aromatic carbocycles. The quantitative estimate of drug-likeness (QED) is 0.669. The van der Waals surface area contributed by atoms with E-state index in [0.717, 1.165) is 38.2 Å². The number of amides is 2. The highest BCUT2D eigenvalue weighted by Crippen LogP contribution is 2.54. The molecule has 32 heavy (non-hydrogen) atoms. The lowest BCUT2D eigenvalue weighted by atomic mass is 9.62. The van der Waals surface area contributed by atoms with Gasteiger partial charge < -0.3 is 15.0 Å². The van der Waals surface area contributed by atoms with Crippen LogP contribution in [0.25, 0.3) is 0 Å². The molecule has 2 amide bonds. The van der Waals surface area contributed by atoms with Gasteiger partial charge in [0.2, 0.25) is 5.91 Å². The number of para-hydroxylation sites is 1. The number of nitrogens with zero attached hydrogens (tertiary/aromatic N) is 1. The van der Waals surface area contributed by atoms with Gasteiger partial charge in [0.15, 0.2) is 0 Å². The van der Waals surface area contributed by atoms with E-state index in [1.165, 1.54) is 11.0 Å². The average Bonchev–Trinajstić information content (AvgIpc) is 3.06. The van der Waals surface area contributed by atoms with Crippen LogP contribution in [0.15, 0.2) is 42.5 Å². The third-order valence-corrected chi connectivity index (χ3v) is 6.49. The lowest BCUT2D eigenvalue weighted by Gasteiger charge is -2.39. The molecule has 2 aromatic rings. The van der Waals surface area contributed by atoms with Crippen LogP contribution in [0.4, 0.5) is 23.7 Å². The van der Waals surface area contributed by atoms with Crippen LogP contribution in [-0.2, 0) is 16.4 Å². The second-order valence-corrected chi connectivity index (χ2v) is 8.61. The van der Waals surface area contributed by atoms with Crippen molar-refractivity contribution < 1.29 is 27.5 Å². The highest BCUT2D eigenvalue weighted by atomic mass is 19.4. The van der Waals surface area contributed by atoms with Gasteiger partial charge in [0.1, 0.15) is 11.2 Å². The fraction of sp³-hybridized carbons (Fsp3) is 0.417. The second kappa shape index (κ2) is 8.15. The number of carbonyl (C=O) groups excluding carboxylic acids is 2. The molecular formula is C24H25F3N2O3. The summed E-state index contributed by atoms with van der Waals surface area (Å²) in [5.41, 5.74) is -1.25. The molecule has 1 atom stereocenters. The van der Waals surface area contributed by atoms with E-state index in [1.807, 2.05) is 0 Å². The fourth-order valence-corrected chi connectivity index (χ4v) is 5.03. The van der Waals surface area contributed by atoms with Crippen LogP contribution in [0.5, 0.6) is 5.75 Å². The van der Waals surface area contributed by atoms with Crippen molar-refractivity contribution in [1.29, 1.82) is 0 Å². The first-order chi connectivity index (χ1) is 15.2. The Bertz CT molecular complexity index is 1030. The molecule has 1 N–H and O–H groups in total. The maximum absolute atomic E-state index is 13.7. The number of anilines is 1. The minimum atomic E-state index is -4.58. The maximum Gasteiger partial charge on any atom is 0.418 e. The van der Waals surface area contributed by atoms with Gasteiger partial charge >= 0.3 is 12.3 Å². The van der Waals surface area contributed by atoms with Crippen molar-refractivity contribution in [1.82, 2.24) is 4.90 Å². The fourth-order valence-electron chi connectivity index (χ4n) is 5.03. The molecule has 1 unspecified atom stereocenters. The Morgan fingerprint density at radius 2 is 1.72 bits per heavy atom. The topological polar surface area (TPSA) is 58.6 Å². The van der Waals surface area contributed by atoms with Gasteiger partial charge in [-0.3, -0.25) is 4.79 Å². The van der Waals surface area contributed by atoms with Gasteiger partial charge in [-0.25, -0.2) is 4.79 Å². The van der Waals surface area contributed by atoms with Crippen LogP contribution in [0, 0.1) is 5.92 Å². The van der Waals surface area contributed by atoms with E-state index in [4.69, 9.17) is 4.74 Å². The van der Waals surface area contributed by atoms with E-state index in [1.54, 1.807) is 44.4 Å². The Balaban J connectivity index is 1.85. The predicted molar refractivity (Wildman–Crippen MR) is 114 cm³/mol. The molecule has 1 heterocycles. The van der Waals surface area contributed by atoms with Crippen LogP contribution in [0.1, 0.15) is 48.8 Å². The highest BCUT2D eigenvalue weighted by molar-refractivity contribution is 6.09. The van der Waals surface area contributed by atoms with Crippen molar-refractivity contribution in [2.75, 3.05) is 19.4 Å². The summed E-state index contributed by atoms with van der Waals surface area (Å²) in [7, 11) is 3.12. The van der Waals surface area contributed by atoms with Crippen molar-refractivity contribution in [3.63, 3.8) is 0 Å². The molecule has 1 aliphatic carbocycles.